The molecule has 4 nitrogen and oxygen atoms in total. The molecule has 1 aromatic carbocycles. The summed E-state index contributed by atoms with van der Waals surface area (Å²) in [6, 6.07) is 6.99. The van der Waals surface area contributed by atoms with Gasteiger partial charge in [-0.3, -0.25) is 9.69 Å². The molecule has 0 radical (unpaired) electrons. The van der Waals surface area contributed by atoms with Gasteiger partial charge in [0.2, 0.25) is 0 Å². The molecular formula is C17H19NO3S2. The van der Waals surface area contributed by atoms with E-state index >= 15 is 0 Å². The van der Waals surface area contributed by atoms with Gasteiger partial charge in [0, 0.05) is 0 Å². The third-order valence-corrected chi connectivity index (χ3v) is 5.00. The lowest BCUT2D eigenvalue weighted by Crippen LogP contribution is -2.47. The number of thioether (sulfide) groups is 1. The zero-order valence-corrected chi connectivity index (χ0v) is 14.9. The molecule has 1 atom stereocenters. The van der Waals surface area contributed by atoms with E-state index < -0.39 is 12.0 Å². The van der Waals surface area contributed by atoms with Crippen molar-refractivity contribution >= 4 is 46.3 Å². The van der Waals surface area contributed by atoms with Crippen LogP contribution < -0.4 is 0 Å². The molecule has 1 saturated heterocycles. The van der Waals surface area contributed by atoms with Crippen LogP contribution in [0.15, 0.2) is 29.2 Å². The number of carboxylic acids is 1. The Morgan fingerprint density at radius 2 is 1.96 bits per heavy atom. The molecule has 6 heteroatoms. The van der Waals surface area contributed by atoms with Gasteiger partial charge < -0.3 is 5.11 Å². The second kappa shape index (κ2) is 7.27. The summed E-state index contributed by atoms with van der Waals surface area (Å²) in [5, 5.41) is 9.39. The summed E-state index contributed by atoms with van der Waals surface area (Å²) in [6.07, 6.45) is 2.72. The molecule has 23 heavy (non-hydrogen) atoms. The Morgan fingerprint density at radius 3 is 2.43 bits per heavy atom. The van der Waals surface area contributed by atoms with Crippen molar-refractivity contribution in [2.75, 3.05) is 0 Å². The molecule has 2 rings (SSSR count). The summed E-state index contributed by atoms with van der Waals surface area (Å²) in [4.78, 5) is 25.7. The highest BCUT2D eigenvalue weighted by molar-refractivity contribution is 8.26. The average Bonchev–Trinajstić information content (AvgIpc) is 2.75. The Bertz CT molecular complexity index is 665. The van der Waals surface area contributed by atoms with Crippen molar-refractivity contribution in [2.24, 2.45) is 5.92 Å². The lowest BCUT2D eigenvalue weighted by molar-refractivity contribution is -0.146. The monoisotopic (exact) mass is 349 g/mol. The normalized spacial score (nSPS) is 18.1. The molecule has 1 N–H and O–H groups in total. The summed E-state index contributed by atoms with van der Waals surface area (Å²) in [6.45, 7) is 5.62. The van der Waals surface area contributed by atoms with Crippen LogP contribution in [-0.2, 0) is 16.0 Å². The lowest BCUT2D eigenvalue weighted by atomic mass is 10.0. The molecular weight excluding hydrogens is 330 g/mol. The van der Waals surface area contributed by atoms with Crippen molar-refractivity contribution in [1.29, 1.82) is 0 Å². The van der Waals surface area contributed by atoms with E-state index in [1.54, 1.807) is 19.9 Å². The second-order valence-corrected chi connectivity index (χ2v) is 7.35. The van der Waals surface area contributed by atoms with Crippen LogP contribution in [0.1, 0.15) is 31.9 Å². The minimum absolute atomic E-state index is 0.224. The van der Waals surface area contributed by atoms with Crippen molar-refractivity contribution in [1.82, 2.24) is 4.90 Å². The molecule has 1 aliphatic rings. The van der Waals surface area contributed by atoms with Gasteiger partial charge in [-0.05, 0) is 29.5 Å². The van der Waals surface area contributed by atoms with E-state index in [2.05, 4.69) is 6.92 Å². The summed E-state index contributed by atoms with van der Waals surface area (Å²) < 4.78 is 0.299. The number of aryl methyl sites for hydroxylation is 1. The second-order valence-electron chi connectivity index (χ2n) is 5.67. The summed E-state index contributed by atoms with van der Waals surface area (Å²) >= 11 is 6.38. The highest BCUT2D eigenvalue weighted by atomic mass is 32.2. The summed E-state index contributed by atoms with van der Waals surface area (Å²) in [7, 11) is 0. The molecule has 0 aliphatic carbocycles. The molecule has 0 unspecified atom stereocenters. The van der Waals surface area contributed by atoms with Gasteiger partial charge in [-0.15, -0.1) is 0 Å². The number of carboxylic acid groups (broad SMARTS) is 1. The zero-order valence-electron chi connectivity index (χ0n) is 13.3. The van der Waals surface area contributed by atoms with Crippen LogP contribution in [0.5, 0.6) is 0 Å². The standard InChI is InChI=1S/C17H19NO3S2/c1-4-11-5-7-12(8-6-11)9-13-15(19)18(17(22)23-13)14(10(2)3)16(20)21/h5-10,14H,4H2,1-3H3,(H,20,21)/b13-9-/t14-/m1/s1. The highest BCUT2D eigenvalue weighted by Gasteiger charge is 2.41. The van der Waals surface area contributed by atoms with Gasteiger partial charge in [0.15, 0.2) is 0 Å². The fraction of sp³-hybridized carbons (Fsp3) is 0.353. The number of rotatable bonds is 5. The Morgan fingerprint density at radius 1 is 1.35 bits per heavy atom. The number of hydrogen-bond acceptors (Lipinski definition) is 4. The van der Waals surface area contributed by atoms with E-state index in [9.17, 15) is 14.7 Å². The van der Waals surface area contributed by atoms with Crippen LogP contribution in [0.2, 0.25) is 0 Å². The number of amides is 1. The van der Waals surface area contributed by atoms with Gasteiger partial charge in [0.1, 0.15) is 10.4 Å². The number of thiocarbonyl (C=S) groups is 1. The predicted molar refractivity (Wildman–Crippen MR) is 97.1 cm³/mol. The van der Waals surface area contributed by atoms with E-state index in [1.807, 2.05) is 24.3 Å². The van der Waals surface area contributed by atoms with Crippen LogP contribution in [-0.4, -0.2) is 32.2 Å². The first kappa shape index (κ1) is 17.7. The zero-order chi connectivity index (χ0) is 17.1. The maximum atomic E-state index is 12.6. The Hall–Kier alpha value is -1.66. The third kappa shape index (κ3) is 3.82. The van der Waals surface area contributed by atoms with Crippen molar-refractivity contribution in [3.8, 4) is 0 Å². The van der Waals surface area contributed by atoms with Gasteiger partial charge in [-0.1, -0.05) is 69.0 Å². The third-order valence-electron chi connectivity index (χ3n) is 3.67. The molecule has 0 aromatic heterocycles. The van der Waals surface area contributed by atoms with Crippen LogP contribution in [0.3, 0.4) is 0 Å². The molecule has 1 fully saturated rings. The van der Waals surface area contributed by atoms with E-state index in [-0.39, 0.29) is 11.8 Å². The van der Waals surface area contributed by atoms with Gasteiger partial charge in [0.25, 0.3) is 5.91 Å². The molecule has 1 aliphatic heterocycles. The van der Waals surface area contributed by atoms with E-state index in [0.29, 0.717) is 9.23 Å². The smallest absolute Gasteiger partial charge is 0.327 e. The topological polar surface area (TPSA) is 57.6 Å². The van der Waals surface area contributed by atoms with E-state index in [0.717, 1.165) is 23.7 Å². The Balaban J connectivity index is 2.29. The quantitative estimate of drug-likeness (QED) is 0.651. The molecule has 0 spiro atoms. The maximum Gasteiger partial charge on any atom is 0.327 e. The van der Waals surface area contributed by atoms with Gasteiger partial charge in [0.05, 0.1) is 4.91 Å². The first-order chi connectivity index (χ1) is 10.8. The highest BCUT2D eigenvalue weighted by Crippen LogP contribution is 2.35. The van der Waals surface area contributed by atoms with Gasteiger partial charge in [-0.2, -0.15) is 0 Å². The molecule has 0 bridgehead atoms. The fourth-order valence-electron chi connectivity index (χ4n) is 2.41. The molecule has 122 valence electrons. The van der Waals surface area contributed by atoms with E-state index in [4.69, 9.17) is 12.2 Å². The maximum absolute atomic E-state index is 12.6. The summed E-state index contributed by atoms with van der Waals surface area (Å²) in [5.74, 6) is -1.59. The number of aliphatic carboxylic acids is 1. The fourth-order valence-corrected chi connectivity index (χ4v) is 3.74. The first-order valence-corrected chi connectivity index (χ1v) is 8.66. The van der Waals surface area contributed by atoms with Crippen LogP contribution >= 0.6 is 24.0 Å². The number of carbonyl (C=O) groups is 2. The Labute approximate surface area is 145 Å². The minimum Gasteiger partial charge on any atom is -0.480 e. The molecule has 1 aromatic rings. The van der Waals surface area contributed by atoms with Crippen LogP contribution in [0, 0.1) is 5.92 Å². The predicted octanol–water partition coefficient (Wildman–Crippen LogP) is 3.56. The Kier molecular flexibility index (Phi) is 5.59. The van der Waals surface area contributed by atoms with Crippen LogP contribution in [0.4, 0.5) is 0 Å². The SMILES string of the molecule is CCc1ccc(/C=C2\SC(=S)N([C@@H](C(=O)O)C(C)C)C2=O)cc1. The van der Waals surface area contributed by atoms with Crippen LogP contribution in [0.25, 0.3) is 6.08 Å². The van der Waals surface area contributed by atoms with Crippen molar-refractivity contribution in [2.45, 2.75) is 33.2 Å². The van der Waals surface area contributed by atoms with Crippen molar-refractivity contribution in [3.63, 3.8) is 0 Å². The summed E-state index contributed by atoms with van der Waals surface area (Å²) in [5.41, 5.74) is 2.12. The van der Waals surface area contributed by atoms with E-state index in [1.165, 1.54) is 10.5 Å². The lowest BCUT2D eigenvalue weighted by Gasteiger charge is -2.26. The largest absolute Gasteiger partial charge is 0.480 e. The molecule has 1 heterocycles. The first-order valence-electron chi connectivity index (χ1n) is 7.44. The van der Waals surface area contributed by atoms with Crippen molar-refractivity contribution in [3.05, 3.63) is 40.3 Å². The van der Waals surface area contributed by atoms with Crippen molar-refractivity contribution < 1.29 is 14.7 Å². The van der Waals surface area contributed by atoms with Gasteiger partial charge >= 0.3 is 5.97 Å². The average molecular weight is 349 g/mol. The minimum atomic E-state index is -1.04. The molecule has 1 amide bonds. The number of hydrogen-bond donors (Lipinski definition) is 1. The number of nitrogens with zero attached hydrogens (tertiary/aromatic N) is 1. The number of benzene rings is 1. The van der Waals surface area contributed by atoms with Gasteiger partial charge in [-0.25, -0.2) is 4.79 Å². The number of carbonyl (C=O) groups excluding carboxylic acids is 1. The molecule has 0 saturated carbocycles.